The van der Waals surface area contributed by atoms with Gasteiger partial charge in [-0.15, -0.1) is 0 Å². The molecule has 166 valence electrons. The fourth-order valence-electron chi connectivity index (χ4n) is 4.42. The van der Waals surface area contributed by atoms with E-state index in [1.807, 2.05) is 47.4 Å². The van der Waals surface area contributed by atoms with Gasteiger partial charge in [-0.1, -0.05) is 66.2 Å². The maximum atomic E-state index is 13.5. The molecule has 1 fully saturated rings. The molecule has 3 aromatic carbocycles. The SMILES string of the molecule is Cc1cccc(CN2CCN(C(=O)c3nn(-c4ccccc4)c(=O)c4ccccc34)CC2)c1. The lowest BCUT2D eigenvalue weighted by Crippen LogP contribution is -2.48. The molecule has 0 bridgehead atoms. The second-order valence-electron chi connectivity index (χ2n) is 8.50. The summed E-state index contributed by atoms with van der Waals surface area (Å²) in [7, 11) is 0. The average molecular weight is 439 g/mol. The van der Waals surface area contributed by atoms with Gasteiger partial charge in [-0.25, -0.2) is 0 Å². The predicted octanol–water partition coefficient (Wildman–Crippen LogP) is 3.65. The molecule has 4 aromatic rings. The molecule has 1 aliphatic heterocycles. The maximum Gasteiger partial charge on any atom is 0.279 e. The monoisotopic (exact) mass is 438 g/mol. The van der Waals surface area contributed by atoms with Crippen LogP contribution in [0, 0.1) is 6.92 Å². The third-order valence-electron chi connectivity index (χ3n) is 6.16. The van der Waals surface area contributed by atoms with Gasteiger partial charge >= 0.3 is 0 Å². The molecule has 0 atom stereocenters. The van der Waals surface area contributed by atoms with E-state index >= 15 is 0 Å². The Bertz CT molecular complexity index is 1360. The van der Waals surface area contributed by atoms with Crippen LogP contribution < -0.4 is 5.56 Å². The molecule has 2 heterocycles. The molecule has 6 nitrogen and oxygen atoms in total. The Labute approximate surface area is 192 Å². The summed E-state index contributed by atoms with van der Waals surface area (Å²) in [4.78, 5) is 30.9. The van der Waals surface area contributed by atoms with E-state index in [0.717, 1.165) is 19.6 Å². The number of piperazine rings is 1. The lowest BCUT2D eigenvalue weighted by molar-refractivity contribution is 0.0623. The summed E-state index contributed by atoms with van der Waals surface area (Å²) in [6.07, 6.45) is 0. The summed E-state index contributed by atoms with van der Waals surface area (Å²) < 4.78 is 1.34. The Morgan fingerprint density at radius 3 is 2.27 bits per heavy atom. The number of hydrogen-bond donors (Lipinski definition) is 0. The van der Waals surface area contributed by atoms with Crippen molar-refractivity contribution in [3.05, 3.63) is 106 Å². The summed E-state index contributed by atoms with van der Waals surface area (Å²) in [5.74, 6) is -0.133. The number of fused-ring (bicyclic) bond motifs is 1. The smallest absolute Gasteiger partial charge is 0.279 e. The van der Waals surface area contributed by atoms with E-state index < -0.39 is 0 Å². The van der Waals surface area contributed by atoms with Crippen molar-refractivity contribution in [3.8, 4) is 5.69 Å². The molecule has 0 unspecified atom stereocenters. The zero-order chi connectivity index (χ0) is 22.8. The molecule has 33 heavy (non-hydrogen) atoms. The van der Waals surface area contributed by atoms with Gasteiger partial charge in [0, 0.05) is 38.1 Å². The number of aryl methyl sites for hydroxylation is 1. The van der Waals surface area contributed by atoms with Crippen LogP contribution in [0.25, 0.3) is 16.5 Å². The van der Waals surface area contributed by atoms with Crippen molar-refractivity contribution in [3.63, 3.8) is 0 Å². The Morgan fingerprint density at radius 2 is 1.55 bits per heavy atom. The number of carbonyl (C=O) groups is 1. The van der Waals surface area contributed by atoms with Gasteiger partial charge in [-0.05, 0) is 30.7 Å². The van der Waals surface area contributed by atoms with E-state index in [1.165, 1.54) is 15.8 Å². The van der Waals surface area contributed by atoms with Crippen molar-refractivity contribution in [2.45, 2.75) is 13.5 Å². The van der Waals surface area contributed by atoms with Crippen LogP contribution in [0.3, 0.4) is 0 Å². The zero-order valence-corrected chi connectivity index (χ0v) is 18.6. The molecule has 1 amide bonds. The fourth-order valence-corrected chi connectivity index (χ4v) is 4.42. The van der Waals surface area contributed by atoms with Crippen LogP contribution in [0.5, 0.6) is 0 Å². The van der Waals surface area contributed by atoms with Gasteiger partial charge in [0.25, 0.3) is 11.5 Å². The van der Waals surface area contributed by atoms with Crippen LogP contribution in [0.4, 0.5) is 0 Å². The van der Waals surface area contributed by atoms with Gasteiger partial charge in [0.15, 0.2) is 5.69 Å². The number of amides is 1. The molecule has 0 saturated carbocycles. The molecular weight excluding hydrogens is 412 g/mol. The van der Waals surface area contributed by atoms with E-state index in [2.05, 4.69) is 41.2 Å². The summed E-state index contributed by atoms with van der Waals surface area (Å²) in [6, 6.07) is 25.0. The quantitative estimate of drug-likeness (QED) is 0.488. The Balaban J connectivity index is 1.41. The molecule has 6 heteroatoms. The largest absolute Gasteiger partial charge is 0.335 e. The Hall–Kier alpha value is -3.77. The van der Waals surface area contributed by atoms with Gasteiger partial charge in [0.05, 0.1) is 11.1 Å². The minimum atomic E-state index is -0.226. The van der Waals surface area contributed by atoms with E-state index in [-0.39, 0.29) is 11.5 Å². The van der Waals surface area contributed by atoms with Crippen LogP contribution in [-0.4, -0.2) is 51.7 Å². The van der Waals surface area contributed by atoms with E-state index in [1.54, 1.807) is 12.1 Å². The molecule has 1 saturated heterocycles. The van der Waals surface area contributed by atoms with Crippen molar-refractivity contribution in [2.24, 2.45) is 0 Å². The zero-order valence-electron chi connectivity index (χ0n) is 18.6. The van der Waals surface area contributed by atoms with Crippen LogP contribution in [0.2, 0.25) is 0 Å². The normalized spacial score (nSPS) is 14.5. The molecule has 0 spiro atoms. The average Bonchev–Trinajstić information content (AvgIpc) is 2.85. The number of benzene rings is 3. The van der Waals surface area contributed by atoms with Crippen LogP contribution >= 0.6 is 0 Å². The molecule has 1 aliphatic rings. The number of aromatic nitrogens is 2. The molecule has 0 aliphatic carbocycles. The number of nitrogens with zero attached hydrogens (tertiary/aromatic N) is 4. The van der Waals surface area contributed by atoms with Crippen molar-refractivity contribution in [2.75, 3.05) is 26.2 Å². The number of carbonyl (C=O) groups excluding carboxylic acids is 1. The first kappa shape index (κ1) is 21.1. The van der Waals surface area contributed by atoms with E-state index in [9.17, 15) is 9.59 Å². The van der Waals surface area contributed by atoms with Crippen LogP contribution in [-0.2, 0) is 6.54 Å². The molecule has 5 rings (SSSR count). The third-order valence-corrected chi connectivity index (χ3v) is 6.16. The minimum absolute atomic E-state index is 0.133. The van der Waals surface area contributed by atoms with Gasteiger partial charge in [-0.3, -0.25) is 14.5 Å². The van der Waals surface area contributed by atoms with Crippen molar-refractivity contribution in [1.29, 1.82) is 0 Å². The Kier molecular flexibility index (Phi) is 5.75. The summed E-state index contributed by atoms with van der Waals surface area (Å²) in [6.45, 7) is 5.85. The molecule has 0 radical (unpaired) electrons. The lowest BCUT2D eigenvalue weighted by Gasteiger charge is -2.34. The van der Waals surface area contributed by atoms with Crippen LogP contribution in [0.15, 0.2) is 83.7 Å². The van der Waals surface area contributed by atoms with Gasteiger partial charge in [-0.2, -0.15) is 9.78 Å². The highest BCUT2D eigenvalue weighted by atomic mass is 16.2. The summed E-state index contributed by atoms with van der Waals surface area (Å²) in [5, 5.41) is 5.64. The maximum absolute atomic E-state index is 13.5. The van der Waals surface area contributed by atoms with Crippen molar-refractivity contribution >= 4 is 16.7 Å². The third kappa shape index (κ3) is 4.30. The number of para-hydroxylation sites is 1. The van der Waals surface area contributed by atoms with Gasteiger partial charge < -0.3 is 4.90 Å². The summed E-state index contributed by atoms with van der Waals surface area (Å²) >= 11 is 0. The number of hydrogen-bond acceptors (Lipinski definition) is 4. The second-order valence-corrected chi connectivity index (χ2v) is 8.50. The highest BCUT2D eigenvalue weighted by Gasteiger charge is 2.26. The highest BCUT2D eigenvalue weighted by Crippen LogP contribution is 2.18. The second kappa shape index (κ2) is 9.00. The first-order chi connectivity index (χ1) is 16.1. The first-order valence-electron chi connectivity index (χ1n) is 11.2. The van der Waals surface area contributed by atoms with E-state index in [0.29, 0.717) is 35.2 Å². The topological polar surface area (TPSA) is 58.4 Å². The summed E-state index contributed by atoms with van der Waals surface area (Å²) in [5.41, 5.74) is 3.29. The molecule has 0 N–H and O–H groups in total. The van der Waals surface area contributed by atoms with Gasteiger partial charge in [0.1, 0.15) is 0 Å². The highest BCUT2D eigenvalue weighted by molar-refractivity contribution is 6.04. The lowest BCUT2D eigenvalue weighted by atomic mass is 10.1. The van der Waals surface area contributed by atoms with Crippen molar-refractivity contribution < 1.29 is 4.79 Å². The minimum Gasteiger partial charge on any atom is -0.335 e. The standard InChI is InChI=1S/C27H26N4O2/c1-20-8-7-9-21(18-20)19-29-14-16-30(17-15-29)27(33)25-23-12-5-6-13-24(23)26(32)31(28-25)22-10-3-2-4-11-22/h2-13,18H,14-17,19H2,1H3. The van der Waals surface area contributed by atoms with E-state index in [4.69, 9.17) is 0 Å². The van der Waals surface area contributed by atoms with Gasteiger partial charge in [0.2, 0.25) is 0 Å². The molecule has 1 aromatic heterocycles. The fraction of sp³-hybridized carbons (Fsp3) is 0.222. The Morgan fingerprint density at radius 1 is 0.848 bits per heavy atom. The first-order valence-corrected chi connectivity index (χ1v) is 11.2. The predicted molar refractivity (Wildman–Crippen MR) is 130 cm³/mol. The van der Waals surface area contributed by atoms with Crippen molar-refractivity contribution in [1.82, 2.24) is 19.6 Å². The number of rotatable bonds is 4. The van der Waals surface area contributed by atoms with Crippen LogP contribution in [0.1, 0.15) is 21.6 Å². The molecular formula is C27H26N4O2.